The topological polar surface area (TPSA) is 44.5 Å². The Morgan fingerprint density at radius 1 is 0.737 bits per heavy atom. The van der Waals surface area contributed by atoms with E-state index in [-0.39, 0.29) is 5.92 Å². The molecule has 0 amide bonds. The second-order valence-corrected chi connectivity index (χ2v) is 10.8. The van der Waals surface area contributed by atoms with E-state index in [1.54, 1.807) is 0 Å². The molecule has 1 unspecified atom stereocenters. The van der Waals surface area contributed by atoms with Gasteiger partial charge in [-0.15, -0.1) is 0 Å². The molecule has 0 aliphatic heterocycles. The molecule has 0 aromatic heterocycles. The normalized spacial score (nSPS) is 11.9. The molecule has 0 heterocycles. The summed E-state index contributed by atoms with van der Waals surface area (Å²) in [7, 11) is 0. The Hall–Kier alpha value is -2.40. The number of nitrogens with two attached hydrogens (primary N) is 1. The fraction of sp³-hybridized carbons (Fsp3) is 0.226. The largest absolute Gasteiger partial charge is 0.490 e. The molecule has 0 saturated heterocycles. The monoisotopic (exact) mass is 587 g/mol. The summed E-state index contributed by atoms with van der Waals surface area (Å²) in [5, 5.41) is 2.26. The molecule has 1 atom stereocenters. The molecule has 4 aromatic rings. The lowest BCUT2D eigenvalue weighted by Gasteiger charge is -2.19. The van der Waals surface area contributed by atoms with Crippen LogP contribution in [0, 0.1) is 13.8 Å². The average molecular weight is 589 g/mol. The number of hydrogen-bond acceptors (Lipinski definition) is 3. The summed E-state index contributed by atoms with van der Waals surface area (Å²) in [6.07, 6.45) is 0.817. The first-order valence-electron chi connectivity index (χ1n) is 12.3. The highest BCUT2D eigenvalue weighted by Gasteiger charge is 2.16. The Morgan fingerprint density at radius 3 is 1.97 bits per heavy atom. The van der Waals surface area contributed by atoms with Crippen LogP contribution >= 0.6 is 46.4 Å². The van der Waals surface area contributed by atoms with Crippen LogP contribution in [0.15, 0.2) is 72.8 Å². The lowest BCUT2D eigenvalue weighted by atomic mass is 9.87. The zero-order valence-electron chi connectivity index (χ0n) is 21.2. The zero-order valence-corrected chi connectivity index (χ0v) is 24.3. The third-order valence-corrected chi connectivity index (χ3v) is 7.58. The first kappa shape index (κ1) is 28.6. The van der Waals surface area contributed by atoms with Gasteiger partial charge in [0.2, 0.25) is 0 Å². The van der Waals surface area contributed by atoms with Crippen LogP contribution in [0.25, 0.3) is 11.1 Å². The predicted molar refractivity (Wildman–Crippen MR) is 161 cm³/mol. The van der Waals surface area contributed by atoms with E-state index in [1.165, 1.54) is 11.1 Å². The molecule has 4 rings (SSSR count). The van der Waals surface area contributed by atoms with E-state index in [9.17, 15) is 0 Å². The van der Waals surface area contributed by atoms with Crippen LogP contribution in [-0.4, -0.2) is 19.8 Å². The summed E-state index contributed by atoms with van der Waals surface area (Å²) in [5.41, 5.74) is 12.6. The molecular weight excluding hydrogens is 560 g/mol. The standard InChI is InChI=1S/C31H29Cl4NO2/c1-19-14-28(34)31(29(35)15-19)38-13-12-37-24-9-6-21(7-10-24)17-23(18-36)25-11-8-22(16-20(25)2)30-26(32)4-3-5-27(30)33/h3-11,14-16,23H,12-13,17-18,36H2,1-2H3. The Kier molecular flexibility index (Phi) is 9.86. The molecule has 0 radical (unpaired) electrons. The molecule has 2 N–H and O–H groups in total. The molecule has 38 heavy (non-hydrogen) atoms. The van der Waals surface area contributed by atoms with Crippen LogP contribution in [0.4, 0.5) is 0 Å². The minimum atomic E-state index is 0.176. The number of aryl methyl sites for hydroxylation is 2. The smallest absolute Gasteiger partial charge is 0.156 e. The van der Waals surface area contributed by atoms with Gasteiger partial charge in [0.05, 0.1) is 10.0 Å². The fourth-order valence-electron chi connectivity index (χ4n) is 4.52. The third-order valence-electron chi connectivity index (χ3n) is 6.39. The SMILES string of the molecule is Cc1cc(Cl)c(OCCOc2ccc(CC(CN)c3ccc(-c4c(Cl)cccc4Cl)cc3C)cc2)c(Cl)c1. The van der Waals surface area contributed by atoms with Gasteiger partial charge in [0.15, 0.2) is 5.75 Å². The lowest BCUT2D eigenvalue weighted by Crippen LogP contribution is -2.16. The van der Waals surface area contributed by atoms with E-state index in [1.807, 2.05) is 49.4 Å². The quantitative estimate of drug-likeness (QED) is 0.188. The van der Waals surface area contributed by atoms with E-state index >= 15 is 0 Å². The maximum absolute atomic E-state index is 6.42. The first-order valence-corrected chi connectivity index (χ1v) is 13.8. The summed E-state index contributed by atoms with van der Waals surface area (Å²) in [4.78, 5) is 0. The zero-order chi connectivity index (χ0) is 27.2. The summed E-state index contributed by atoms with van der Waals surface area (Å²) in [6.45, 7) is 5.26. The number of ether oxygens (including phenoxy) is 2. The first-order chi connectivity index (χ1) is 18.3. The number of halogens is 4. The molecule has 0 aliphatic carbocycles. The van der Waals surface area contributed by atoms with Gasteiger partial charge in [-0.1, -0.05) is 82.8 Å². The number of hydrogen-bond donors (Lipinski definition) is 1. The molecule has 0 spiro atoms. The van der Waals surface area contributed by atoms with Crippen LogP contribution in [0.3, 0.4) is 0 Å². The van der Waals surface area contributed by atoms with Crippen molar-refractivity contribution in [1.29, 1.82) is 0 Å². The second kappa shape index (κ2) is 13.1. The summed E-state index contributed by atoms with van der Waals surface area (Å²) >= 11 is 25.3. The van der Waals surface area contributed by atoms with E-state index in [2.05, 4.69) is 37.3 Å². The van der Waals surface area contributed by atoms with Crippen molar-refractivity contribution >= 4 is 46.4 Å². The van der Waals surface area contributed by atoms with Gasteiger partial charge in [-0.25, -0.2) is 0 Å². The minimum absolute atomic E-state index is 0.176. The third kappa shape index (κ3) is 6.97. The summed E-state index contributed by atoms with van der Waals surface area (Å²) < 4.78 is 11.6. The van der Waals surface area contributed by atoms with Gasteiger partial charge in [0, 0.05) is 21.5 Å². The van der Waals surface area contributed by atoms with Crippen molar-refractivity contribution in [2.45, 2.75) is 26.2 Å². The molecule has 0 saturated carbocycles. The molecule has 3 nitrogen and oxygen atoms in total. The van der Waals surface area contributed by atoms with Gasteiger partial charge in [-0.2, -0.15) is 0 Å². The van der Waals surface area contributed by atoms with Gasteiger partial charge in [-0.3, -0.25) is 0 Å². The molecule has 7 heteroatoms. The Morgan fingerprint density at radius 2 is 1.37 bits per heavy atom. The highest BCUT2D eigenvalue weighted by molar-refractivity contribution is 6.39. The predicted octanol–water partition coefficient (Wildman–Crippen LogP) is 9.33. The van der Waals surface area contributed by atoms with E-state index in [0.717, 1.165) is 34.4 Å². The van der Waals surface area contributed by atoms with Gasteiger partial charge in [-0.05, 0) is 91.0 Å². The van der Waals surface area contributed by atoms with Crippen LogP contribution in [0.2, 0.25) is 20.1 Å². The lowest BCUT2D eigenvalue weighted by molar-refractivity contribution is 0.217. The molecule has 4 aromatic carbocycles. The number of benzene rings is 4. The van der Waals surface area contributed by atoms with Gasteiger partial charge in [0.1, 0.15) is 19.0 Å². The maximum atomic E-state index is 6.42. The van der Waals surface area contributed by atoms with Gasteiger partial charge >= 0.3 is 0 Å². The van der Waals surface area contributed by atoms with E-state index in [0.29, 0.717) is 45.6 Å². The molecule has 198 valence electrons. The Bertz CT molecular complexity index is 1360. The van der Waals surface area contributed by atoms with Crippen LogP contribution in [-0.2, 0) is 6.42 Å². The van der Waals surface area contributed by atoms with E-state index in [4.69, 9.17) is 61.6 Å². The second-order valence-electron chi connectivity index (χ2n) is 9.20. The average Bonchev–Trinajstić information content (AvgIpc) is 2.87. The highest BCUT2D eigenvalue weighted by atomic mass is 35.5. The Balaban J connectivity index is 1.36. The summed E-state index contributed by atoms with van der Waals surface area (Å²) in [5.74, 6) is 1.42. The van der Waals surface area contributed by atoms with Gasteiger partial charge in [0.25, 0.3) is 0 Å². The van der Waals surface area contributed by atoms with Crippen molar-refractivity contribution in [3.05, 3.63) is 115 Å². The maximum Gasteiger partial charge on any atom is 0.156 e. The van der Waals surface area contributed by atoms with Gasteiger partial charge < -0.3 is 15.2 Å². The van der Waals surface area contributed by atoms with Crippen LogP contribution in [0.1, 0.15) is 28.2 Å². The van der Waals surface area contributed by atoms with Crippen molar-refractivity contribution in [2.24, 2.45) is 5.73 Å². The van der Waals surface area contributed by atoms with Crippen LogP contribution in [0.5, 0.6) is 11.5 Å². The van der Waals surface area contributed by atoms with Crippen molar-refractivity contribution in [3.63, 3.8) is 0 Å². The molecule has 0 fully saturated rings. The van der Waals surface area contributed by atoms with Crippen LogP contribution < -0.4 is 15.2 Å². The Labute approximate surface area is 244 Å². The highest BCUT2D eigenvalue weighted by Crippen LogP contribution is 2.37. The minimum Gasteiger partial charge on any atom is -0.490 e. The number of rotatable bonds is 10. The fourth-order valence-corrected chi connectivity index (χ4v) is 5.84. The van der Waals surface area contributed by atoms with Crippen molar-refractivity contribution < 1.29 is 9.47 Å². The molecule has 0 bridgehead atoms. The van der Waals surface area contributed by atoms with Crippen molar-refractivity contribution in [1.82, 2.24) is 0 Å². The molecular formula is C31H29Cl4NO2. The van der Waals surface area contributed by atoms with Crippen molar-refractivity contribution in [2.75, 3.05) is 19.8 Å². The van der Waals surface area contributed by atoms with E-state index < -0.39 is 0 Å². The summed E-state index contributed by atoms with van der Waals surface area (Å²) in [6, 6.07) is 23.6. The van der Waals surface area contributed by atoms with Crippen molar-refractivity contribution in [3.8, 4) is 22.6 Å². The molecule has 0 aliphatic rings.